The summed E-state index contributed by atoms with van der Waals surface area (Å²) in [5.74, 6) is -0.00287. The van der Waals surface area contributed by atoms with Gasteiger partial charge in [-0.15, -0.1) is 0 Å². The minimum Gasteiger partial charge on any atom is -0.329 e. The molecule has 0 radical (unpaired) electrons. The summed E-state index contributed by atoms with van der Waals surface area (Å²) in [7, 11) is 0. The van der Waals surface area contributed by atoms with Crippen LogP contribution in [-0.4, -0.2) is 27.9 Å². The normalized spacial score (nSPS) is 25.0. The molecule has 0 aliphatic carbocycles. The van der Waals surface area contributed by atoms with Crippen molar-refractivity contribution >= 4 is 5.91 Å². The van der Waals surface area contributed by atoms with Crippen LogP contribution in [0, 0.1) is 0 Å². The Bertz CT molecular complexity index is 263. The fourth-order valence-corrected chi connectivity index (χ4v) is 3.05. The van der Waals surface area contributed by atoms with E-state index in [1.54, 1.807) is 0 Å². The summed E-state index contributed by atoms with van der Waals surface area (Å²) in [5.41, 5.74) is 5.65. The first-order valence-corrected chi connectivity index (χ1v) is 5.43. The molecule has 0 saturated carbocycles. The summed E-state index contributed by atoms with van der Waals surface area (Å²) in [5, 5.41) is 0. The van der Waals surface area contributed by atoms with E-state index in [2.05, 4.69) is 34.3 Å². The first kappa shape index (κ1) is 12.2. The lowest BCUT2D eigenvalue weighted by Crippen LogP contribution is -2.64. The van der Waals surface area contributed by atoms with Crippen molar-refractivity contribution in [3.05, 3.63) is 12.7 Å². The molecule has 0 bridgehead atoms. The van der Waals surface area contributed by atoms with E-state index in [9.17, 15) is 4.79 Å². The van der Waals surface area contributed by atoms with Gasteiger partial charge in [0.25, 0.3) is 0 Å². The van der Waals surface area contributed by atoms with Gasteiger partial charge in [0.1, 0.15) is 0 Å². The molecule has 1 aliphatic rings. The molecule has 0 aromatic carbocycles. The Morgan fingerprint density at radius 3 is 2.07 bits per heavy atom. The molecule has 0 atom stereocenters. The summed E-state index contributed by atoms with van der Waals surface area (Å²) in [6, 6.07) is 0.170. The molecule has 1 heterocycles. The monoisotopic (exact) mass is 210 g/mol. The second-order valence-electron chi connectivity index (χ2n) is 5.67. The molecule has 1 rings (SSSR count). The molecule has 3 heteroatoms. The van der Waals surface area contributed by atoms with Crippen LogP contribution < -0.4 is 5.73 Å². The fraction of sp³-hybridized carbons (Fsp3) is 0.750. The molecule has 1 aliphatic heterocycles. The van der Waals surface area contributed by atoms with Gasteiger partial charge in [0.2, 0.25) is 5.91 Å². The van der Waals surface area contributed by atoms with E-state index in [4.69, 9.17) is 5.73 Å². The van der Waals surface area contributed by atoms with Crippen LogP contribution in [0.1, 0.15) is 40.5 Å². The number of piperidine rings is 1. The highest BCUT2D eigenvalue weighted by molar-refractivity contribution is 5.88. The van der Waals surface area contributed by atoms with E-state index >= 15 is 0 Å². The number of carbonyl (C=O) groups is 1. The van der Waals surface area contributed by atoms with Gasteiger partial charge in [-0.3, -0.25) is 4.79 Å². The average molecular weight is 210 g/mol. The maximum Gasteiger partial charge on any atom is 0.246 e. The zero-order chi connectivity index (χ0) is 11.9. The molecular weight excluding hydrogens is 188 g/mol. The summed E-state index contributed by atoms with van der Waals surface area (Å²) in [6.07, 6.45) is 3.08. The van der Waals surface area contributed by atoms with Gasteiger partial charge < -0.3 is 10.6 Å². The Morgan fingerprint density at radius 1 is 1.33 bits per heavy atom. The molecule has 0 unspecified atom stereocenters. The van der Waals surface area contributed by atoms with Crippen molar-refractivity contribution in [1.82, 2.24) is 4.90 Å². The van der Waals surface area contributed by atoms with Gasteiger partial charge in [0.05, 0.1) is 0 Å². The minimum atomic E-state index is -0.188. The first-order chi connectivity index (χ1) is 6.70. The van der Waals surface area contributed by atoms with Gasteiger partial charge in [-0.2, -0.15) is 0 Å². The van der Waals surface area contributed by atoms with Crippen LogP contribution in [0.4, 0.5) is 0 Å². The van der Waals surface area contributed by atoms with E-state index in [1.807, 2.05) is 4.90 Å². The van der Waals surface area contributed by atoms with Crippen LogP contribution in [0.5, 0.6) is 0 Å². The number of hydrogen-bond donors (Lipinski definition) is 1. The Kier molecular flexibility index (Phi) is 2.97. The number of likely N-dealkylation sites (tertiary alicyclic amines) is 1. The van der Waals surface area contributed by atoms with Crippen LogP contribution in [0.15, 0.2) is 12.7 Å². The molecule has 15 heavy (non-hydrogen) atoms. The molecule has 1 amide bonds. The van der Waals surface area contributed by atoms with E-state index in [0.29, 0.717) is 0 Å². The highest BCUT2D eigenvalue weighted by Crippen LogP contribution is 2.37. The number of rotatable bonds is 1. The third-order valence-electron chi connectivity index (χ3n) is 3.13. The second kappa shape index (κ2) is 3.63. The van der Waals surface area contributed by atoms with Crippen molar-refractivity contribution in [3.8, 4) is 0 Å². The smallest absolute Gasteiger partial charge is 0.246 e. The molecular formula is C12H22N2O. The van der Waals surface area contributed by atoms with Crippen LogP contribution in [-0.2, 0) is 4.79 Å². The van der Waals surface area contributed by atoms with Crippen LogP contribution in [0.25, 0.3) is 0 Å². The van der Waals surface area contributed by atoms with Crippen LogP contribution in [0.3, 0.4) is 0 Å². The molecule has 0 aromatic rings. The van der Waals surface area contributed by atoms with Gasteiger partial charge in [0, 0.05) is 17.1 Å². The summed E-state index contributed by atoms with van der Waals surface area (Å²) < 4.78 is 0. The number of nitrogens with zero attached hydrogens (tertiary/aromatic N) is 1. The second-order valence-corrected chi connectivity index (χ2v) is 5.67. The molecule has 0 aromatic heterocycles. The van der Waals surface area contributed by atoms with Crippen LogP contribution in [0.2, 0.25) is 0 Å². The van der Waals surface area contributed by atoms with Crippen molar-refractivity contribution in [2.75, 3.05) is 0 Å². The van der Waals surface area contributed by atoms with E-state index < -0.39 is 0 Å². The Hall–Kier alpha value is -0.830. The fourth-order valence-electron chi connectivity index (χ4n) is 3.05. The van der Waals surface area contributed by atoms with Gasteiger partial charge >= 0.3 is 0 Å². The molecule has 2 N–H and O–H groups in total. The number of nitrogens with two attached hydrogens (primary N) is 1. The Morgan fingerprint density at radius 2 is 1.73 bits per heavy atom. The maximum atomic E-state index is 11.9. The van der Waals surface area contributed by atoms with E-state index in [1.165, 1.54) is 6.08 Å². The standard InChI is InChI=1S/C12H22N2O/c1-6-10(15)14-11(2,3)7-9(13)8-12(14,4)5/h6,9H,1,7-8,13H2,2-5H3. The molecule has 3 nitrogen and oxygen atoms in total. The predicted octanol–water partition coefficient (Wildman–Crippen LogP) is 1.68. The zero-order valence-corrected chi connectivity index (χ0v) is 10.2. The Labute approximate surface area is 92.3 Å². The van der Waals surface area contributed by atoms with Crippen molar-refractivity contribution in [2.24, 2.45) is 5.73 Å². The largest absolute Gasteiger partial charge is 0.329 e. The maximum absolute atomic E-state index is 11.9. The molecule has 0 spiro atoms. The van der Waals surface area contributed by atoms with Gasteiger partial charge in [-0.1, -0.05) is 6.58 Å². The summed E-state index contributed by atoms with van der Waals surface area (Å²) >= 11 is 0. The van der Waals surface area contributed by atoms with Crippen molar-refractivity contribution in [1.29, 1.82) is 0 Å². The van der Waals surface area contributed by atoms with Crippen molar-refractivity contribution < 1.29 is 4.79 Å². The summed E-state index contributed by atoms with van der Waals surface area (Å²) in [4.78, 5) is 13.8. The number of hydrogen-bond acceptors (Lipinski definition) is 2. The number of amides is 1. The SMILES string of the molecule is C=CC(=O)N1C(C)(C)CC(N)CC1(C)C. The van der Waals surface area contributed by atoms with Gasteiger partial charge in [-0.25, -0.2) is 0 Å². The highest BCUT2D eigenvalue weighted by atomic mass is 16.2. The highest BCUT2D eigenvalue weighted by Gasteiger charge is 2.45. The van der Waals surface area contributed by atoms with Crippen molar-refractivity contribution in [2.45, 2.75) is 57.7 Å². The average Bonchev–Trinajstić information content (AvgIpc) is 1.97. The lowest BCUT2D eigenvalue weighted by atomic mass is 9.77. The van der Waals surface area contributed by atoms with Crippen LogP contribution >= 0.6 is 0 Å². The van der Waals surface area contributed by atoms with Gasteiger partial charge in [0.15, 0.2) is 0 Å². The zero-order valence-electron chi connectivity index (χ0n) is 10.2. The van der Waals surface area contributed by atoms with Gasteiger partial charge in [-0.05, 0) is 46.6 Å². The summed E-state index contributed by atoms with van der Waals surface area (Å²) in [6.45, 7) is 11.8. The molecule has 1 fully saturated rings. The first-order valence-electron chi connectivity index (χ1n) is 5.43. The quantitative estimate of drug-likeness (QED) is 0.669. The number of carbonyl (C=O) groups excluding carboxylic acids is 1. The lowest BCUT2D eigenvalue weighted by Gasteiger charge is -2.54. The third kappa shape index (κ3) is 2.23. The molecule has 86 valence electrons. The predicted molar refractivity (Wildman–Crippen MR) is 62.4 cm³/mol. The van der Waals surface area contributed by atoms with Crippen molar-refractivity contribution in [3.63, 3.8) is 0 Å². The topological polar surface area (TPSA) is 46.3 Å². The van der Waals surface area contributed by atoms with E-state index in [-0.39, 0.29) is 23.0 Å². The third-order valence-corrected chi connectivity index (χ3v) is 3.13. The molecule has 1 saturated heterocycles. The van der Waals surface area contributed by atoms with E-state index in [0.717, 1.165) is 12.8 Å². The Balaban J connectivity index is 3.07. The lowest BCUT2D eigenvalue weighted by molar-refractivity contribution is -0.143. The minimum absolute atomic E-state index is 0.00287.